The summed E-state index contributed by atoms with van der Waals surface area (Å²) in [6, 6.07) is -0.627. The number of ether oxygens (including phenoxy) is 1. The number of esters is 1. The molecule has 0 fully saturated rings. The minimum absolute atomic E-state index is 0.0115. The predicted molar refractivity (Wildman–Crippen MR) is 315 cm³/mol. The molecule has 2 unspecified atom stereocenters. The van der Waals surface area contributed by atoms with Gasteiger partial charge in [-0.05, 0) is 57.8 Å². The van der Waals surface area contributed by atoms with E-state index in [1.54, 1.807) is 6.08 Å². The summed E-state index contributed by atoms with van der Waals surface area (Å²) in [5.74, 6) is -0.0544. The molecule has 0 aliphatic heterocycles. The fourth-order valence-electron chi connectivity index (χ4n) is 10.2. The van der Waals surface area contributed by atoms with Crippen LogP contribution in [0.15, 0.2) is 24.3 Å². The topological polar surface area (TPSA) is 95.9 Å². The van der Waals surface area contributed by atoms with Crippen molar-refractivity contribution in [3.05, 3.63) is 24.3 Å². The molecular weight excluding hydrogens is 887 g/mol. The second-order valence-corrected chi connectivity index (χ2v) is 22.5. The van der Waals surface area contributed by atoms with E-state index in [0.717, 1.165) is 44.9 Å². The zero-order valence-corrected chi connectivity index (χ0v) is 48.7. The third-order valence-corrected chi connectivity index (χ3v) is 15.2. The number of allylic oxidation sites excluding steroid dienone is 3. The van der Waals surface area contributed by atoms with Gasteiger partial charge in [-0.25, -0.2) is 0 Å². The first kappa shape index (κ1) is 70.3. The fraction of sp³-hybridized carbons (Fsp3) is 0.909. The van der Waals surface area contributed by atoms with Crippen LogP contribution in [0.2, 0.25) is 0 Å². The van der Waals surface area contributed by atoms with Gasteiger partial charge < -0.3 is 20.3 Å². The molecule has 0 aliphatic rings. The van der Waals surface area contributed by atoms with Gasteiger partial charge in [-0.3, -0.25) is 9.59 Å². The van der Waals surface area contributed by atoms with Crippen molar-refractivity contribution in [3.8, 4) is 0 Å². The van der Waals surface area contributed by atoms with Crippen molar-refractivity contribution in [3.63, 3.8) is 0 Å². The maximum atomic E-state index is 12.5. The van der Waals surface area contributed by atoms with Crippen LogP contribution in [0, 0.1) is 0 Å². The number of rotatable bonds is 61. The van der Waals surface area contributed by atoms with E-state index in [1.165, 1.54) is 289 Å². The average Bonchev–Trinajstić information content (AvgIpc) is 3.38. The predicted octanol–water partition coefficient (Wildman–Crippen LogP) is 20.6. The first-order valence-corrected chi connectivity index (χ1v) is 32.6. The first-order chi connectivity index (χ1) is 35.5. The summed E-state index contributed by atoms with van der Waals surface area (Å²) in [5, 5.41) is 23.1. The maximum absolute atomic E-state index is 12.5. The SMILES string of the molecule is CCCCCCCCC/C=C\CCCCCCCCCC(=O)OCCCCCCCCCCCCCCCCCCCCCCCCCC(=O)NC(CO)C(O)/C=C/CCCCCCCCCCCCCC. The van der Waals surface area contributed by atoms with E-state index in [-0.39, 0.29) is 18.5 Å². The Kier molecular flexibility index (Phi) is 60.5. The van der Waals surface area contributed by atoms with Crippen molar-refractivity contribution in [2.75, 3.05) is 13.2 Å². The lowest BCUT2D eigenvalue weighted by Gasteiger charge is -2.20. The van der Waals surface area contributed by atoms with Crippen molar-refractivity contribution in [2.45, 2.75) is 373 Å². The quantitative estimate of drug-likeness (QED) is 0.0320. The lowest BCUT2D eigenvalue weighted by molar-refractivity contribution is -0.143. The minimum atomic E-state index is -0.843. The summed E-state index contributed by atoms with van der Waals surface area (Å²) in [6.45, 7) is 4.92. The highest BCUT2D eigenvalue weighted by atomic mass is 16.5. The standard InChI is InChI=1S/C66H127NO5/c1-3-5-7-9-11-13-15-17-19-20-29-32-36-40-44-48-52-56-60-66(71)72-61-57-53-49-45-41-37-33-30-27-25-23-21-22-24-26-28-31-35-39-43-47-51-55-59-65(70)67-63(62-68)64(69)58-54-50-46-42-38-34-18-16-14-12-10-8-6-4-2/h19-20,54,58,63-64,68-69H,3-18,21-53,55-57,59-62H2,1-2H3,(H,67,70)/b20-19-,58-54+. The molecular formula is C66H127NO5. The number of carbonyl (C=O) groups excluding carboxylic acids is 2. The summed E-state index contributed by atoms with van der Waals surface area (Å²) >= 11 is 0. The highest BCUT2D eigenvalue weighted by molar-refractivity contribution is 5.76. The molecule has 6 nitrogen and oxygen atoms in total. The van der Waals surface area contributed by atoms with E-state index < -0.39 is 12.1 Å². The van der Waals surface area contributed by atoms with Gasteiger partial charge in [0.2, 0.25) is 5.91 Å². The molecule has 0 saturated carbocycles. The molecule has 3 N–H and O–H groups in total. The molecule has 2 atom stereocenters. The van der Waals surface area contributed by atoms with Gasteiger partial charge in [-0.15, -0.1) is 0 Å². The Morgan fingerprint density at radius 2 is 0.653 bits per heavy atom. The van der Waals surface area contributed by atoms with E-state index in [9.17, 15) is 19.8 Å². The molecule has 426 valence electrons. The lowest BCUT2D eigenvalue weighted by Crippen LogP contribution is -2.45. The number of unbranched alkanes of at least 4 members (excludes halogenated alkanes) is 48. The Morgan fingerprint density at radius 3 is 0.986 bits per heavy atom. The second kappa shape index (κ2) is 61.9. The molecule has 0 radical (unpaired) electrons. The first-order valence-electron chi connectivity index (χ1n) is 32.6. The van der Waals surface area contributed by atoms with Crippen LogP contribution in [0.5, 0.6) is 0 Å². The Bertz CT molecular complexity index is 1120. The van der Waals surface area contributed by atoms with E-state index in [0.29, 0.717) is 19.4 Å². The van der Waals surface area contributed by atoms with Gasteiger partial charge in [-0.1, -0.05) is 314 Å². The second-order valence-electron chi connectivity index (χ2n) is 22.5. The number of nitrogens with one attached hydrogen (secondary N) is 1. The summed E-state index contributed by atoms with van der Waals surface area (Å²) < 4.78 is 5.50. The molecule has 0 heterocycles. The number of hydrogen-bond acceptors (Lipinski definition) is 5. The zero-order chi connectivity index (χ0) is 52.2. The van der Waals surface area contributed by atoms with Gasteiger partial charge in [0.05, 0.1) is 25.4 Å². The van der Waals surface area contributed by atoms with Gasteiger partial charge >= 0.3 is 5.97 Å². The fourth-order valence-corrected chi connectivity index (χ4v) is 10.2. The van der Waals surface area contributed by atoms with Crippen molar-refractivity contribution >= 4 is 11.9 Å². The molecule has 0 spiro atoms. The van der Waals surface area contributed by atoms with E-state index in [1.807, 2.05) is 6.08 Å². The van der Waals surface area contributed by atoms with E-state index >= 15 is 0 Å². The summed E-state index contributed by atoms with van der Waals surface area (Å²) in [6.07, 6.45) is 76.6. The molecule has 0 aromatic carbocycles. The molecule has 0 aromatic rings. The van der Waals surface area contributed by atoms with Crippen LogP contribution in [0.1, 0.15) is 361 Å². The maximum Gasteiger partial charge on any atom is 0.305 e. The van der Waals surface area contributed by atoms with Crippen LogP contribution in [0.4, 0.5) is 0 Å². The average molecular weight is 1010 g/mol. The summed E-state index contributed by atoms with van der Waals surface area (Å²) in [5.41, 5.74) is 0. The molecule has 0 bridgehead atoms. The van der Waals surface area contributed by atoms with Crippen molar-refractivity contribution < 1.29 is 24.5 Å². The van der Waals surface area contributed by atoms with Crippen LogP contribution in [0.3, 0.4) is 0 Å². The number of amides is 1. The Morgan fingerprint density at radius 1 is 0.375 bits per heavy atom. The van der Waals surface area contributed by atoms with Crippen molar-refractivity contribution in [1.29, 1.82) is 0 Å². The molecule has 1 amide bonds. The number of hydrogen-bond donors (Lipinski definition) is 3. The van der Waals surface area contributed by atoms with Crippen LogP contribution >= 0.6 is 0 Å². The molecule has 0 rings (SSSR count). The van der Waals surface area contributed by atoms with Gasteiger partial charge in [0.25, 0.3) is 0 Å². The van der Waals surface area contributed by atoms with Crippen molar-refractivity contribution in [2.24, 2.45) is 0 Å². The third-order valence-electron chi connectivity index (χ3n) is 15.2. The Hall–Kier alpha value is -1.66. The van der Waals surface area contributed by atoms with Crippen LogP contribution in [0.25, 0.3) is 0 Å². The van der Waals surface area contributed by atoms with Crippen molar-refractivity contribution in [1.82, 2.24) is 5.32 Å². The van der Waals surface area contributed by atoms with Gasteiger partial charge in [0.15, 0.2) is 0 Å². The van der Waals surface area contributed by atoms with Gasteiger partial charge in [0, 0.05) is 12.8 Å². The summed E-state index contributed by atoms with van der Waals surface area (Å²) in [4.78, 5) is 24.6. The molecule has 0 aliphatic carbocycles. The van der Waals surface area contributed by atoms with Crippen LogP contribution in [-0.4, -0.2) is 47.4 Å². The molecule has 0 aromatic heterocycles. The number of aliphatic hydroxyl groups excluding tert-OH is 2. The Balaban J connectivity index is 3.37. The zero-order valence-electron chi connectivity index (χ0n) is 48.7. The smallest absolute Gasteiger partial charge is 0.305 e. The lowest BCUT2D eigenvalue weighted by atomic mass is 10.0. The van der Waals surface area contributed by atoms with Gasteiger partial charge in [0.1, 0.15) is 0 Å². The molecule has 72 heavy (non-hydrogen) atoms. The van der Waals surface area contributed by atoms with Crippen LogP contribution in [-0.2, 0) is 14.3 Å². The largest absolute Gasteiger partial charge is 0.466 e. The molecule has 6 heteroatoms. The number of aliphatic hydroxyl groups is 2. The van der Waals surface area contributed by atoms with Gasteiger partial charge in [-0.2, -0.15) is 0 Å². The summed E-state index contributed by atoms with van der Waals surface area (Å²) in [7, 11) is 0. The third kappa shape index (κ3) is 57.6. The molecule has 0 saturated heterocycles. The highest BCUT2D eigenvalue weighted by Gasteiger charge is 2.18. The highest BCUT2D eigenvalue weighted by Crippen LogP contribution is 2.18. The Labute approximate surface area is 450 Å². The van der Waals surface area contributed by atoms with E-state index in [4.69, 9.17) is 4.74 Å². The normalized spacial score (nSPS) is 12.7. The van der Waals surface area contributed by atoms with E-state index in [2.05, 4.69) is 31.3 Å². The minimum Gasteiger partial charge on any atom is -0.466 e. The number of carbonyl (C=O) groups is 2. The van der Waals surface area contributed by atoms with Crippen LogP contribution < -0.4 is 5.32 Å². The monoisotopic (exact) mass is 1010 g/mol.